The summed E-state index contributed by atoms with van der Waals surface area (Å²) in [6.07, 6.45) is 1.97. The molecule has 1 aromatic carbocycles. The van der Waals surface area contributed by atoms with Crippen LogP contribution in [0.5, 0.6) is 0 Å². The molecular weight excluding hydrogens is 384 g/mol. The number of thiophene rings is 1. The highest BCUT2D eigenvalue weighted by Gasteiger charge is 2.31. The summed E-state index contributed by atoms with van der Waals surface area (Å²) in [7, 11) is 0. The third-order valence-electron chi connectivity index (χ3n) is 4.57. The minimum atomic E-state index is -0.215. The number of hydrogen-bond donors (Lipinski definition) is 1. The van der Waals surface area contributed by atoms with Crippen molar-refractivity contribution >= 4 is 33.2 Å². The topological polar surface area (TPSA) is 32.3 Å². The molecule has 1 amide bonds. The second kappa shape index (κ2) is 8.28. The molecular formula is C19H23BrN2OS. The fraction of sp³-hybridized carbons (Fsp3) is 0.421. The molecule has 0 radical (unpaired) electrons. The van der Waals surface area contributed by atoms with E-state index >= 15 is 0 Å². The Morgan fingerprint density at radius 1 is 1.38 bits per heavy atom. The summed E-state index contributed by atoms with van der Waals surface area (Å²) in [6.45, 7) is 4.59. The number of rotatable bonds is 6. The Morgan fingerprint density at radius 2 is 2.21 bits per heavy atom. The fourth-order valence-electron chi connectivity index (χ4n) is 3.38. The van der Waals surface area contributed by atoms with Crippen LogP contribution in [0.3, 0.4) is 0 Å². The van der Waals surface area contributed by atoms with Gasteiger partial charge < -0.3 is 5.32 Å². The molecule has 2 aromatic rings. The first-order valence-electron chi connectivity index (χ1n) is 8.45. The summed E-state index contributed by atoms with van der Waals surface area (Å²) in [5.41, 5.74) is 3.77. The largest absolute Gasteiger partial charge is 0.354 e. The molecule has 0 saturated heterocycles. The predicted octanol–water partition coefficient (Wildman–Crippen LogP) is 3.92. The van der Waals surface area contributed by atoms with Crippen molar-refractivity contribution in [3.8, 4) is 0 Å². The van der Waals surface area contributed by atoms with Gasteiger partial charge in [-0.05, 0) is 41.0 Å². The zero-order valence-electron chi connectivity index (χ0n) is 13.9. The first kappa shape index (κ1) is 17.6. The first-order valence-corrected chi connectivity index (χ1v) is 10.5. The lowest BCUT2D eigenvalue weighted by Gasteiger charge is -2.34. The van der Waals surface area contributed by atoms with E-state index in [9.17, 15) is 4.79 Å². The minimum absolute atomic E-state index is 0.106. The third-order valence-corrected chi connectivity index (χ3v) is 5.99. The maximum Gasteiger partial charge on any atom is 0.242 e. The van der Waals surface area contributed by atoms with Crippen LogP contribution in [-0.2, 0) is 24.2 Å². The van der Waals surface area contributed by atoms with Crippen LogP contribution < -0.4 is 5.32 Å². The standard InChI is InChI=1S/C19H23BrN2OS/c1-2-14-5-3-4-6-16(14)18(19(23)21-10-9-20)22-11-7-17-15(13-22)8-12-24-17/h3-6,8,12,18H,2,7,9-11,13H2,1H3,(H,21,23). The molecule has 0 spiro atoms. The Kier molecular flexibility index (Phi) is 6.09. The van der Waals surface area contributed by atoms with Gasteiger partial charge in [-0.25, -0.2) is 0 Å². The number of nitrogens with zero attached hydrogens (tertiary/aromatic N) is 1. The van der Waals surface area contributed by atoms with E-state index in [1.807, 2.05) is 17.4 Å². The highest BCUT2D eigenvalue weighted by atomic mass is 79.9. The Bertz CT molecular complexity index is 700. The third kappa shape index (κ3) is 3.73. The van der Waals surface area contributed by atoms with Crippen molar-refractivity contribution in [1.82, 2.24) is 10.2 Å². The molecule has 0 aliphatic carbocycles. The van der Waals surface area contributed by atoms with Crippen molar-refractivity contribution in [3.05, 3.63) is 57.3 Å². The molecule has 128 valence electrons. The summed E-state index contributed by atoms with van der Waals surface area (Å²) in [6, 6.07) is 10.3. The lowest BCUT2D eigenvalue weighted by Crippen LogP contribution is -2.43. The Hall–Kier alpha value is -1.17. The van der Waals surface area contributed by atoms with Gasteiger partial charge in [0, 0.05) is 29.8 Å². The normalized spacial score (nSPS) is 15.8. The van der Waals surface area contributed by atoms with E-state index in [2.05, 4.69) is 62.7 Å². The zero-order valence-corrected chi connectivity index (χ0v) is 16.3. The van der Waals surface area contributed by atoms with Gasteiger partial charge in [0.2, 0.25) is 5.91 Å². The molecule has 5 heteroatoms. The Morgan fingerprint density at radius 3 is 3.00 bits per heavy atom. The second-order valence-corrected chi connectivity index (χ2v) is 7.82. The van der Waals surface area contributed by atoms with Gasteiger partial charge in [0.1, 0.15) is 6.04 Å². The van der Waals surface area contributed by atoms with Gasteiger partial charge in [-0.3, -0.25) is 9.69 Å². The lowest BCUT2D eigenvalue weighted by molar-refractivity contribution is -0.127. The second-order valence-electron chi connectivity index (χ2n) is 6.02. The number of alkyl halides is 1. The monoisotopic (exact) mass is 406 g/mol. The van der Waals surface area contributed by atoms with E-state index in [1.165, 1.54) is 16.0 Å². The number of nitrogens with one attached hydrogen (secondary N) is 1. The molecule has 0 saturated carbocycles. The van der Waals surface area contributed by atoms with Crippen LogP contribution in [0.2, 0.25) is 0 Å². The minimum Gasteiger partial charge on any atom is -0.354 e. The van der Waals surface area contributed by atoms with Crippen LogP contribution in [0, 0.1) is 0 Å². The van der Waals surface area contributed by atoms with Crippen LogP contribution in [0.25, 0.3) is 0 Å². The van der Waals surface area contributed by atoms with Crippen molar-refractivity contribution in [2.24, 2.45) is 0 Å². The molecule has 1 aromatic heterocycles. The zero-order chi connectivity index (χ0) is 16.9. The van der Waals surface area contributed by atoms with E-state index in [4.69, 9.17) is 0 Å². The average molecular weight is 407 g/mol. The predicted molar refractivity (Wildman–Crippen MR) is 104 cm³/mol. The van der Waals surface area contributed by atoms with Gasteiger partial charge in [0.15, 0.2) is 0 Å². The number of fused-ring (bicyclic) bond motifs is 1. The maximum absolute atomic E-state index is 12.9. The molecule has 1 aliphatic heterocycles. The Labute approximate surface area is 156 Å². The molecule has 1 atom stereocenters. The molecule has 1 N–H and O–H groups in total. The smallest absolute Gasteiger partial charge is 0.242 e. The van der Waals surface area contributed by atoms with Crippen LogP contribution in [0.15, 0.2) is 35.7 Å². The molecule has 3 rings (SSSR count). The molecule has 1 unspecified atom stereocenters. The van der Waals surface area contributed by atoms with E-state index in [0.717, 1.165) is 36.8 Å². The number of hydrogen-bond acceptors (Lipinski definition) is 3. The van der Waals surface area contributed by atoms with E-state index in [1.54, 1.807) is 0 Å². The molecule has 1 aliphatic rings. The summed E-state index contributed by atoms with van der Waals surface area (Å²) < 4.78 is 0. The number of carbonyl (C=O) groups excluding carboxylic acids is 1. The highest BCUT2D eigenvalue weighted by molar-refractivity contribution is 9.09. The van der Waals surface area contributed by atoms with Crippen molar-refractivity contribution < 1.29 is 4.79 Å². The molecule has 0 bridgehead atoms. The summed E-state index contributed by atoms with van der Waals surface area (Å²) in [4.78, 5) is 16.7. The molecule has 2 heterocycles. The Balaban J connectivity index is 1.92. The SMILES string of the molecule is CCc1ccccc1C(C(=O)NCCBr)N1CCc2sccc2C1. The van der Waals surface area contributed by atoms with Gasteiger partial charge in [0.05, 0.1) is 0 Å². The highest BCUT2D eigenvalue weighted by Crippen LogP contribution is 2.32. The number of benzene rings is 1. The van der Waals surface area contributed by atoms with Crippen molar-refractivity contribution in [2.75, 3.05) is 18.4 Å². The van der Waals surface area contributed by atoms with E-state index < -0.39 is 0 Å². The van der Waals surface area contributed by atoms with Crippen LogP contribution >= 0.6 is 27.3 Å². The van der Waals surface area contributed by atoms with Crippen LogP contribution in [0.4, 0.5) is 0 Å². The van der Waals surface area contributed by atoms with Crippen molar-refractivity contribution in [1.29, 1.82) is 0 Å². The fourth-order valence-corrected chi connectivity index (χ4v) is 4.47. The summed E-state index contributed by atoms with van der Waals surface area (Å²) in [5, 5.41) is 6.01. The number of amides is 1. The van der Waals surface area contributed by atoms with Gasteiger partial charge in [-0.2, -0.15) is 0 Å². The lowest BCUT2D eigenvalue weighted by atomic mass is 9.95. The molecule has 0 fully saturated rings. The molecule has 24 heavy (non-hydrogen) atoms. The van der Waals surface area contributed by atoms with Gasteiger partial charge in [-0.15, -0.1) is 11.3 Å². The van der Waals surface area contributed by atoms with Crippen LogP contribution in [-0.4, -0.2) is 29.2 Å². The van der Waals surface area contributed by atoms with E-state index in [0.29, 0.717) is 6.54 Å². The van der Waals surface area contributed by atoms with Gasteiger partial charge >= 0.3 is 0 Å². The van der Waals surface area contributed by atoms with Crippen molar-refractivity contribution in [3.63, 3.8) is 0 Å². The van der Waals surface area contributed by atoms with Gasteiger partial charge in [0.25, 0.3) is 0 Å². The average Bonchev–Trinajstić information content (AvgIpc) is 3.08. The summed E-state index contributed by atoms with van der Waals surface area (Å²) in [5.74, 6) is 0.106. The summed E-state index contributed by atoms with van der Waals surface area (Å²) >= 11 is 5.23. The number of halogens is 1. The van der Waals surface area contributed by atoms with E-state index in [-0.39, 0.29) is 11.9 Å². The maximum atomic E-state index is 12.9. The quantitative estimate of drug-likeness (QED) is 0.737. The van der Waals surface area contributed by atoms with Gasteiger partial charge in [-0.1, -0.05) is 47.1 Å². The number of carbonyl (C=O) groups is 1. The van der Waals surface area contributed by atoms with Crippen LogP contribution in [0.1, 0.15) is 34.5 Å². The number of aryl methyl sites for hydroxylation is 1. The molecule has 3 nitrogen and oxygen atoms in total. The first-order chi connectivity index (χ1) is 11.7. The van der Waals surface area contributed by atoms with Crippen molar-refractivity contribution in [2.45, 2.75) is 32.4 Å².